The number of benzene rings is 2. The van der Waals surface area contributed by atoms with E-state index in [1.807, 2.05) is 13.0 Å². The minimum Gasteiger partial charge on any atom is -0.497 e. The van der Waals surface area contributed by atoms with E-state index in [9.17, 15) is 19.2 Å². The Labute approximate surface area is 189 Å². The smallest absolute Gasteiger partial charge is 0.339 e. The molecule has 0 spiro atoms. The van der Waals surface area contributed by atoms with Gasteiger partial charge in [0.15, 0.2) is 0 Å². The second-order valence-corrected chi connectivity index (χ2v) is 7.48. The molecule has 1 heterocycles. The van der Waals surface area contributed by atoms with Crippen molar-refractivity contribution in [1.29, 1.82) is 0 Å². The number of carbonyl (C=O) groups excluding carboxylic acids is 3. The lowest BCUT2D eigenvalue weighted by molar-refractivity contribution is -0.121. The van der Waals surface area contributed by atoms with Gasteiger partial charge in [0, 0.05) is 35.5 Å². The van der Waals surface area contributed by atoms with E-state index in [2.05, 4.69) is 10.6 Å². The van der Waals surface area contributed by atoms with Crippen molar-refractivity contribution in [3.8, 4) is 5.75 Å². The van der Waals surface area contributed by atoms with Crippen LogP contribution in [-0.4, -0.2) is 31.4 Å². The van der Waals surface area contributed by atoms with E-state index in [-0.39, 0.29) is 31.8 Å². The third-order valence-electron chi connectivity index (χ3n) is 5.23. The van der Waals surface area contributed by atoms with Gasteiger partial charge in [-0.1, -0.05) is 12.1 Å². The first-order chi connectivity index (χ1) is 15.8. The number of fused-ring (bicyclic) bond motifs is 1. The molecule has 9 nitrogen and oxygen atoms in total. The Morgan fingerprint density at radius 3 is 2.45 bits per heavy atom. The van der Waals surface area contributed by atoms with E-state index in [0.717, 1.165) is 16.5 Å². The van der Waals surface area contributed by atoms with Gasteiger partial charge < -0.3 is 25.5 Å². The highest BCUT2D eigenvalue weighted by molar-refractivity contribution is 5.96. The standard InChI is InChI=1S/C24H25N3O6/c1-14-18-8-7-17(32-2)11-20(18)33-24(31)19(14)9-10-22(29)26-12-15-3-5-16(6-4-15)23(30)27-13-21(25)28/h3-8,11H,9-10,12-13H2,1-2H3,(H2,25,28)(H,26,29)(H,27,30). The molecule has 172 valence electrons. The fraction of sp³-hybridized carbons (Fsp3) is 0.250. The highest BCUT2D eigenvalue weighted by Gasteiger charge is 2.14. The van der Waals surface area contributed by atoms with Gasteiger partial charge in [-0.05, 0) is 48.7 Å². The molecule has 4 N–H and O–H groups in total. The Morgan fingerprint density at radius 1 is 1.06 bits per heavy atom. The summed E-state index contributed by atoms with van der Waals surface area (Å²) in [4.78, 5) is 47.4. The van der Waals surface area contributed by atoms with Gasteiger partial charge in [-0.3, -0.25) is 14.4 Å². The number of hydrogen-bond acceptors (Lipinski definition) is 6. The van der Waals surface area contributed by atoms with Crippen LogP contribution in [0.4, 0.5) is 0 Å². The number of ether oxygens (including phenoxy) is 1. The Morgan fingerprint density at radius 2 is 1.79 bits per heavy atom. The first kappa shape index (κ1) is 23.5. The number of hydrogen-bond donors (Lipinski definition) is 3. The van der Waals surface area contributed by atoms with E-state index in [4.69, 9.17) is 14.9 Å². The van der Waals surface area contributed by atoms with E-state index >= 15 is 0 Å². The number of amides is 3. The van der Waals surface area contributed by atoms with Crippen molar-refractivity contribution in [1.82, 2.24) is 10.6 Å². The molecule has 0 bridgehead atoms. The Kier molecular flexibility index (Phi) is 7.45. The zero-order valence-electron chi connectivity index (χ0n) is 18.4. The zero-order valence-corrected chi connectivity index (χ0v) is 18.4. The number of methoxy groups -OCH3 is 1. The first-order valence-electron chi connectivity index (χ1n) is 10.3. The average Bonchev–Trinajstić information content (AvgIpc) is 2.80. The van der Waals surface area contributed by atoms with Crippen molar-refractivity contribution in [3.05, 3.63) is 75.1 Å². The SMILES string of the molecule is COc1ccc2c(C)c(CCC(=O)NCc3ccc(C(=O)NCC(N)=O)cc3)c(=O)oc2c1. The molecule has 0 saturated carbocycles. The average molecular weight is 451 g/mol. The van der Waals surface area contributed by atoms with Crippen LogP contribution in [-0.2, 0) is 22.6 Å². The molecule has 0 aliphatic rings. The van der Waals surface area contributed by atoms with Crippen LogP contribution in [0.2, 0.25) is 0 Å². The molecule has 0 atom stereocenters. The van der Waals surface area contributed by atoms with Crippen LogP contribution in [0, 0.1) is 6.92 Å². The molecule has 0 radical (unpaired) electrons. The van der Waals surface area contributed by atoms with Crippen molar-refractivity contribution in [2.24, 2.45) is 5.73 Å². The molecule has 0 fully saturated rings. The van der Waals surface area contributed by atoms with Crippen molar-refractivity contribution < 1.29 is 23.5 Å². The van der Waals surface area contributed by atoms with Crippen molar-refractivity contribution in [2.75, 3.05) is 13.7 Å². The lowest BCUT2D eigenvalue weighted by atomic mass is 10.0. The van der Waals surface area contributed by atoms with Crippen molar-refractivity contribution in [2.45, 2.75) is 26.3 Å². The summed E-state index contributed by atoms with van der Waals surface area (Å²) in [5.74, 6) is -0.657. The molecule has 0 saturated heterocycles. The third kappa shape index (κ3) is 5.97. The van der Waals surface area contributed by atoms with Gasteiger partial charge in [-0.25, -0.2) is 4.79 Å². The molecular weight excluding hydrogens is 426 g/mol. The van der Waals surface area contributed by atoms with Crippen molar-refractivity contribution in [3.63, 3.8) is 0 Å². The summed E-state index contributed by atoms with van der Waals surface area (Å²) >= 11 is 0. The molecule has 1 aromatic heterocycles. The topological polar surface area (TPSA) is 141 Å². The summed E-state index contributed by atoms with van der Waals surface area (Å²) in [7, 11) is 1.54. The van der Waals surface area contributed by atoms with Crippen LogP contribution in [0.1, 0.15) is 33.5 Å². The van der Waals surface area contributed by atoms with Crippen LogP contribution in [0.3, 0.4) is 0 Å². The van der Waals surface area contributed by atoms with Crippen LogP contribution >= 0.6 is 0 Å². The molecule has 0 unspecified atom stereocenters. The van der Waals surface area contributed by atoms with E-state index in [1.165, 1.54) is 7.11 Å². The Balaban J connectivity index is 1.56. The van der Waals surface area contributed by atoms with Gasteiger partial charge in [0.2, 0.25) is 11.8 Å². The highest BCUT2D eigenvalue weighted by Crippen LogP contribution is 2.24. The summed E-state index contributed by atoms with van der Waals surface area (Å²) in [6.07, 6.45) is 0.377. The summed E-state index contributed by atoms with van der Waals surface area (Å²) < 4.78 is 10.6. The molecule has 3 amide bonds. The van der Waals surface area contributed by atoms with Gasteiger partial charge in [0.05, 0.1) is 13.7 Å². The maximum absolute atomic E-state index is 12.4. The van der Waals surface area contributed by atoms with Crippen molar-refractivity contribution >= 4 is 28.7 Å². The lowest BCUT2D eigenvalue weighted by Gasteiger charge is -2.10. The summed E-state index contributed by atoms with van der Waals surface area (Å²) in [5.41, 5.74) is 7.40. The van der Waals surface area contributed by atoms with Gasteiger partial charge in [-0.2, -0.15) is 0 Å². The number of nitrogens with two attached hydrogens (primary N) is 1. The van der Waals surface area contributed by atoms with E-state index in [0.29, 0.717) is 22.5 Å². The second-order valence-electron chi connectivity index (χ2n) is 7.48. The molecule has 9 heteroatoms. The summed E-state index contributed by atoms with van der Waals surface area (Å²) in [6, 6.07) is 11.9. The van der Waals surface area contributed by atoms with Gasteiger partial charge in [0.25, 0.3) is 5.91 Å². The summed E-state index contributed by atoms with van der Waals surface area (Å²) in [5, 5.41) is 6.00. The molecule has 0 aliphatic heterocycles. The third-order valence-corrected chi connectivity index (χ3v) is 5.23. The predicted molar refractivity (Wildman–Crippen MR) is 122 cm³/mol. The molecule has 3 aromatic rings. The van der Waals surface area contributed by atoms with E-state index in [1.54, 1.807) is 36.4 Å². The maximum Gasteiger partial charge on any atom is 0.339 e. The number of aryl methyl sites for hydroxylation is 1. The summed E-state index contributed by atoms with van der Waals surface area (Å²) in [6.45, 7) is 1.87. The minimum atomic E-state index is -0.625. The van der Waals surface area contributed by atoms with Gasteiger partial charge >= 0.3 is 5.63 Å². The Bertz CT molecular complexity index is 1250. The van der Waals surface area contributed by atoms with Gasteiger partial charge in [-0.15, -0.1) is 0 Å². The van der Waals surface area contributed by atoms with Crippen LogP contribution in [0.5, 0.6) is 5.75 Å². The van der Waals surface area contributed by atoms with Crippen LogP contribution in [0.15, 0.2) is 51.7 Å². The van der Waals surface area contributed by atoms with Gasteiger partial charge in [0.1, 0.15) is 11.3 Å². The predicted octanol–water partition coefficient (Wildman–Crippen LogP) is 1.57. The first-order valence-corrected chi connectivity index (χ1v) is 10.3. The highest BCUT2D eigenvalue weighted by atomic mass is 16.5. The number of rotatable bonds is 9. The van der Waals surface area contributed by atoms with Crippen LogP contribution < -0.4 is 26.7 Å². The zero-order chi connectivity index (χ0) is 24.0. The fourth-order valence-electron chi connectivity index (χ4n) is 3.36. The lowest BCUT2D eigenvalue weighted by Crippen LogP contribution is -2.33. The number of nitrogens with one attached hydrogen (secondary N) is 2. The molecule has 2 aromatic carbocycles. The largest absolute Gasteiger partial charge is 0.497 e. The molecule has 0 aliphatic carbocycles. The van der Waals surface area contributed by atoms with E-state index < -0.39 is 17.4 Å². The molecule has 33 heavy (non-hydrogen) atoms. The number of primary amides is 1. The second kappa shape index (κ2) is 10.4. The molecule has 3 rings (SSSR count). The maximum atomic E-state index is 12.4. The fourth-order valence-corrected chi connectivity index (χ4v) is 3.36. The number of carbonyl (C=O) groups is 3. The molecular formula is C24H25N3O6. The normalized spacial score (nSPS) is 10.6. The van der Waals surface area contributed by atoms with Crippen LogP contribution in [0.25, 0.3) is 11.0 Å². The monoisotopic (exact) mass is 451 g/mol. The quantitative estimate of drug-likeness (QED) is 0.422. The minimum absolute atomic E-state index is 0.126. The Hall–Kier alpha value is -4.14.